The highest BCUT2D eigenvalue weighted by molar-refractivity contribution is 9.10. The Kier molecular flexibility index (Phi) is 4.55. The summed E-state index contributed by atoms with van der Waals surface area (Å²) in [6.45, 7) is 0. The van der Waals surface area contributed by atoms with Gasteiger partial charge in [0.15, 0.2) is 0 Å². The maximum atomic E-state index is 5.66. The van der Waals surface area contributed by atoms with E-state index < -0.39 is 0 Å². The van der Waals surface area contributed by atoms with E-state index in [2.05, 4.69) is 54.5 Å². The molecule has 0 fully saturated rings. The second-order valence-corrected chi connectivity index (χ2v) is 5.82. The van der Waals surface area contributed by atoms with Crippen LogP contribution in [0.4, 0.5) is 0 Å². The lowest BCUT2D eigenvalue weighted by atomic mass is 10.0. The van der Waals surface area contributed by atoms with Gasteiger partial charge in [-0.05, 0) is 40.0 Å². The summed E-state index contributed by atoms with van der Waals surface area (Å²) in [5.74, 6) is 5.66. The van der Waals surface area contributed by atoms with E-state index in [0.717, 1.165) is 21.1 Å². The van der Waals surface area contributed by atoms with Gasteiger partial charge < -0.3 is 0 Å². The summed E-state index contributed by atoms with van der Waals surface area (Å²) >= 11 is 6.97. The summed E-state index contributed by atoms with van der Waals surface area (Å²) in [6.07, 6.45) is 2.58. The van der Waals surface area contributed by atoms with Crippen molar-refractivity contribution in [3.05, 3.63) is 50.7 Å². The van der Waals surface area contributed by atoms with E-state index in [1.54, 1.807) is 6.20 Å². The molecule has 0 aliphatic rings. The van der Waals surface area contributed by atoms with Gasteiger partial charge in [-0.3, -0.25) is 16.0 Å². The van der Waals surface area contributed by atoms with Crippen molar-refractivity contribution in [3.63, 3.8) is 0 Å². The molecule has 18 heavy (non-hydrogen) atoms. The number of nitrogens with zero attached hydrogens (tertiary/aromatic N) is 2. The molecule has 1 heterocycles. The van der Waals surface area contributed by atoms with Gasteiger partial charge in [-0.15, -0.1) is 0 Å². The molecule has 1 aromatic carbocycles. The van der Waals surface area contributed by atoms with Crippen molar-refractivity contribution in [2.45, 2.75) is 12.5 Å². The number of aryl methyl sites for hydroxylation is 1. The minimum absolute atomic E-state index is 0.0150. The number of aromatic nitrogens is 2. The van der Waals surface area contributed by atoms with Crippen LogP contribution in [-0.2, 0) is 13.5 Å². The number of benzene rings is 1. The monoisotopic (exact) mass is 372 g/mol. The zero-order valence-corrected chi connectivity index (χ0v) is 13.1. The molecule has 96 valence electrons. The molecule has 2 aromatic rings. The molecule has 0 radical (unpaired) electrons. The van der Waals surface area contributed by atoms with E-state index in [-0.39, 0.29) is 6.04 Å². The minimum Gasteiger partial charge on any atom is -0.271 e. The first-order valence-electron chi connectivity index (χ1n) is 5.49. The van der Waals surface area contributed by atoms with E-state index in [1.165, 1.54) is 5.56 Å². The fourth-order valence-corrected chi connectivity index (χ4v) is 3.02. The van der Waals surface area contributed by atoms with Gasteiger partial charge in [0.25, 0.3) is 0 Å². The Balaban J connectivity index is 2.25. The van der Waals surface area contributed by atoms with E-state index in [9.17, 15) is 0 Å². The van der Waals surface area contributed by atoms with Crippen LogP contribution >= 0.6 is 31.9 Å². The quantitative estimate of drug-likeness (QED) is 0.639. The highest BCUT2D eigenvalue weighted by Gasteiger charge is 2.18. The van der Waals surface area contributed by atoms with Crippen LogP contribution < -0.4 is 11.3 Å². The summed E-state index contributed by atoms with van der Waals surface area (Å²) in [4.78, 5) is 0. The number of hydrogen-bond donors (Lipinski definition) is 2. The van der Waals surface area contributed by atoms with E-state index >= 15 is 0 Å². The molecular formula is C12H14Br2N4. The third-order valence-electron chi connectivity index (χ3n) is 2.80. The molecule has 0 spiro atoms. The van der Waals surface area contributed by atoms with Crippen molar-refractivity contribution in [3.8, 4) is 0 Å². The highest BCUT2D eigenvalue weighted by Crippen LogP contribution is 2.25. The average Bonchev–Trinajstić information content (AvgIpc) is 2.67. The van der Waals surface area contributed by atoms with Crippen LogP contribution in [0, 0.1) is 0 Å². The smallest absolute Gasteiger partial charge is 0.0709 e. The number of rotatable bonds is 4. The number of hydrazine groups is 1. The first-order chi connectivity index (χ1) is 8.61. The number of hydrogen-bond acceptors (Lipinski definition) is 3. The van der Waals surface area contributed by atoms with Gasteiger partial charge in [0.05, 0.1) is 22.4 Å². The maximum absolute atomic E-state index is 5.66. The minimum atomic E-state index is 0.0150. The largest absolute Gasteiger partial charge is 0.271 e. The van der Waals surface area contributed by atoms with Crippen LogP contribution in [0.25, 0.3) is 0 Å². The predicted molar refractivity (Wildman–Crippen MR) is 78.8 cm³/mol. The predicted octanol–water partition coefficient (Wildman–Crippen LogP) is 2.69. The molecule has 0 amide bonds. The fraction of sp³-hybridized carbons (Fsp3) is 0.250. The molecule has 6 heteroatoms. The normalized spacial score (nSPS) is 12.7. The van der Waals surface area contributed by atoms with Gasteiger partial charge in [-0.2, -0.15) is 5.10 Å². The molecule has 0 saturated heterocycles. The molecule has 0 bridgehead atoms. The Bertz CT molecular complexity index is 519. The van der Waals surface area contributed by atoms with Crippen LogP contribution in [0.5, 0.6) is 0 Å². The molecule has 2 rings (SSSR count). The fourth-order valence-electron chi connectivity index (χ4n) is 1.95. The molecule has 0 aliphatic carbocycles. The molecule has 4 nitrogen and oxygen atoms in total. The third-order valence-corrected chi connectivity index (χ3v) is 3.90. The molecule has 0 saturated carbocycles. The van der Waals surface area contributed by atoms with Gasteiger partial charge in [-0.1, -0.05) is 28.1 Å². The van der Waals surface area contributed by atoms with E-state index in [0.29, 0.717) is 0 Å². The molecule has 1 unspecified atom stereocenters. The van der Waals surface area contributed by atoms with Crippen molar-refractivity contribution in [2.24, 2.45) is 12.9 Å². The number of nitrogens with one attached hydrogen (secondary N) is 1. The Hall–Kier alpha value is -0.690. The van der Waals surface area contributed by atoms with Gasteiger partial charge in [-0.25, -0.2) is 0 Å². The summed E-state index contributed by atoms with van der Waals surface area (Å²) in [5, 5.41) is 4.21. The third kappa shape index (κ3) is 3.00. The van der Waals surface area contributed by atoms with Crippen molar-refractivity contribution in [1.29, 1.82) is 0 Å². The van der Waals surface area contributed by atoms with Crippen molar-refractivity contribution in [2.75, 3.05) is 0 Å². The lowest BCUT2D eigenvalue weighted by molar-refractivity contribution is 0.506. The van der Waals surface area contributed by atoms with Crippen LogP contribution in [0.15, 0.2) is 39.4 Å². The van der Waals surface area contributed by atoms with Gasteiger partial charge in [0.1, 0.15) is 0 Å². The lowest BCUT2D eigenvalue weighted by Crippen LogP contribution is -2.31. The van der Waals surface area contributed by atoms with Crippen LogP contribution in [0.2, 0.25) is 0 Å². The Labute approximate surface area is 123 Å². The Morgan fingerprint density at radius 1 is 1.44 bits per heavy atom. The van der Waals surface area contributed by atoms with Gasteiger partial charge in [0, 0.05) is 11.5 Å². The summed E-state index contributed by atoms with van der Waals surface area (Å²) in [6, 6.07) is 8.22. The van der Waals surface area contributed by atoms with Crippen LogP contribution in [0.3, 0.4) is 0 Å². The Morgan fingerprint density at radius 3 is 2.78 bits per heavy atom. The first-order valence-corrected chi connectivity index (χ1v) is 7.08. The summed E-state index contributed by atoms with van der Waals surface area (Å²) in [5.41, 5.74) is 5.10. The molecular weight excluding hydrogens is 360 g/mol. The zero-order chi connectivity index (χ0) is 13.1. The number of nitrogens with two attached hydrogens (primary N) is 1. The SMILES string of the molecule is Cn1ncc(Br)c1C(Cc1cccc(Br)c1)NN. The molecule has 1 atom stereocenters. The summed E-state index contributed by atoms with van der Waals surface area (Å²) < 4.78 is 3.86. The first kappa shape index (κ1) is 13.7. The van der Waals surface area contributed by atoms with Crippen molar-refractivity contribution >= 4 is 31.9 Å². The van der Waals surface area contributed by atoms with E-state index in [4.69, 9.17) is 5.84 Å². The van der Waals surface area contributed by atoms with Gasteiger partial charge >= 0.3 is 0 Å². The Morgan fingerprint density at radius 2 is 2.22 bits per heavy atom. The zero-order valence-electron chi connectivity index (χ0n) is 9.90. The summed E-state index contributed by atoms with van der Waals surface area (Å²) in [7, 11) is 1.91. The molecule has 3 N–H and O–H groups in total. The maximum Gasteiger partial charge on any atom is 0.0709 e. The second-order valence-electron chi connectivity index (χ2n) is 4.05. The topological polar surface area (TPSA) is 55.9 Å². The second kappa shape index (κ2) is 5.97. The number of halogens is 2. The highest BCUT2D eigenvalue weighted by atomic mass is 79.9. The van der Waals surface area contributed by atoms with Gasteiger partial charge in [0.2, 0.25) is 0 Å². The molecule has 0 aliphatic heterocycles. The van der Waals surface area contributed by atoms with Crippen molar-refractivity contribution < 1.29 is 0 Å². The van der Waals surface area contributed by atoms with E-state index in [1.807, 2.05) is 23.9 Å². The molecule has 1 aromatic heterocycles. The van der Waals surface area contributed by atoms with Crippen molar-refractivity contribution in [1.82, 2.24) is 15.2 Å². The van der Waals surface area contributed by atoms with Crippen LogP contribution in [-0.4, -0.2) is 9.78 Å². The van der Waals surface area contributed by atoms with Crippen LogP contribution in [0.1, 0.15) is 17.3 Å². The standard InChI is InChI=1S/C12H14Br2N4/c1-18-12(10(14)7-16-18)11(17-15)6-8-3-2-4-9(13)5-8/h2-5,7,11,17H,6,15H2,1H3. The average molecular weight is 374 g/mol. The lowest BCUT2D eigenvalue weighted by Gasteiger charge is -2.17.